The number of carbonyl (C=O) groups excluding carboxylic acids is 4. The number of aromatic nitrogens is 1. The molecule has 3 amide bonds. The normalized spacial score (nSPS) is 22.4. The van der Waals surface area contributed by atoms with E-state index < -0.39 is 82.4 Å². The van der Waals surface area contributed by atoms with Crippen molar-refractivity contribution in [1.29, 1.82) is 0 Å². The summed E-state index contributed by atoms with van der Waals surface area (Å²) in [6.07, 6.45) is 1.75. The second-order valence-corrected chi connectivity index (χ2v) is 12.2. The molecule has 1 aromatic heterocycles. The predicted molar refractivity (Wildman–Crippen MR) is 158 cm³/mol. The van der Waals surface area contributed by atoms with Crippen LogP contribution in [-0.2, 0) is 20.9 Å². The number of alkyl carbamates (subject to hydrolysis) is 1. The van der Waals surface area contributed by atoms with Gasteiger partial charge in [0.1, 0.15) is 23.2 Å². The Hall–Kier alpha value is -4.82. The van der Waals surface area contributed by atoms with Crippen LogP contribution in [0.5, 0.6) is 5.75 Å². The second kappa shape index (κ2) is 12.5. The van der Waals surface area contributed by atoms with Crippen molar-refractivity contribution in [1.82, 2.24) is 20.1 Å². The highest BCUT2D eigenvalue weighted by Crippen LogP contribution is 2.46. The molecule has 46 heavy (non-hydrogen) atoms. The molecule has 1 fully saturated rings. The Morgan fingerprint density at radius 3 is 2.59 bits per heavy atom. The molecule has 1 saturated heterocycles. The first-order valence-electron chi connectivity index (χ1n) is 14.9. The molecule has 13 nitrogen and oxygen atoms in total. The first-order valence-corrected chi connectivity index (χ1v) is 14.9. The van der Waals surface area contributed by atoms with E-state index in [0.717, 1.165) is 25.0 Å². The van der Waals surface area contributed by atoms with Crippen LogP contribution in [0.25, 0.3) is 0 Å². The first kappa shape index (κ1) is 32.6. The number of nitrogens with zero attached hydrogens (tertiary/aromatic N) is 3. The molecular formula is C31H35F2N5O8. The minimum Gasteiger partial charge on any atom is -0.453 e. The molecule has 1 aromatic carbocycles. The number of pyridine rings is 1. The molecule has 15 heteroatoms. The number of benzene rings is 1. The average molecular weight is 644 g/mol. The van der Waals surface area contributed by atoms with Crippen LogP contribution < -0.4 is 20.8 Å². The smallest absolute Gasteiger partial charge is 0.407 e. The van der Waals surface area contributed by atoms with E-state index in [1.165, 1.54) is 10.8 Å². The molecule has 2 N–H and O–H groups in total. The summed E-state index contributed by atoms with van der Waals surface area (Å²) in [7, 11) is 1.11. The number of fused-ring (bicyclic) bond motifs is 5. The summed E-state index contributed by atoms with van der Waals surface area (Å²) in [6, 6.07) is 0.632. The number of rotatable bonds is 7. The highest BCUT2D eigenvalue weighted by Gasteiger charge is 2.54. The number of amides is 3. The van der Waals surface area contributed by atoms with Gasteiger partial charge in [0, 0.05) is 43.4 Å². The molecule has 0 unspecified atom stereocenters. The lowest BCUT2D eigenvalue weighted by Gasteiger charge is -2.42. The van der Waals surface area contributed by atoms with Gasteiger partial charge in [0.25, 0.3) is 11.8 Å². The highest BCUT2D eigenvalue weighted by molar-refractivity contribution is 6.00. The van der Waals surface area contributed by atoms with Gasteiger partial charge in [0.05, 0.1) is 18.9 Å². The number of oxime groups is 1. The van der Waals surface area contributed by atoms with Gasteiger partial charge in [0.15, 0.2) is 11.3 Å². The van der Waals surface area contributed by atoms with Crippen LogP contribution in [0.3, 0.4) is 0 Å². The number of methoxy groups -OCH3 is 1. The zero-order chi connectivity index (χ0) is 33.5. The van der Waals surface area contributed by atoms with E-state index in [4.69, 9.17) is 9.57 Å². The molecule has 0 saturated carbocycles. The fraction of sp³-hybridized carbons (Fsp3) is 0.484. The number of hydrogen-bond acceptors (Lipinski definition) is 9. The Bertz CT molecular complexity index is 1690. The fourth-order valence-corrected chi connectivity index (χ4v) is 6.15. The number of hydrogen-bond donors (Lipinski definition) is 2. The Balaban J connectivity index is 1.63. The van der Waals surface area contributed by atoms with Gasteiger partial charge >= 0.3 is 12.1 Å². The maximum absolute atomic E-state index is 14.3. The van der Waals surface area contributed by atoms with Gasteiger partial charge in [0.2, 0.25) is 11.2 Å². The molecule has 2 bridgehead atoms. The van der Waals surface area contributed by atoms with Crippen molar-refractivity contribution < 1.29 is 42.3 Å². The summed E-state index contributed by atoms with van der Waals surface area (Å²) in [5.41, 5.74) is -2.09. The van der Waals surface area contributed by atoms with Crippen molar-refractivity contribution in [3.63, 3.8) is 0 Å². The van der Waals surface area contributed by atoms with Gasteiger partial charge in [-0.25, -0.2) is 18.4 Å². The second-order valence-electron chi connectivity index (χ2n) is 12.2. The number of carbonyl (C=O) groups is 4. The van der Waals surface area contributed by atoms with Crippen LogP contribution in [0.4, 0.5) is 13.6 Å². The molecule has 1 spiro atoms. The molecule has 3 aliphatic rings. The molecule has 0 aliphatic carbocycles. The Kier molecular flexibility index (Phi) is 8.87. The van der Waals surface area contributed by atoms with Crippen LogP contribution in [-0.4, -0.2) is 70.4 Å². The van der Waals surface area contributed by atoms with Gasteiger partial charge in [-0.3, -0.25) is 14.4 Å². The minimum absolute atomic E-state index is 0.0392. The lowest BCUT2D eigenvalue weighted by atomic mass is 9.84. The molecule has 4 heterocycles. The average Bonchev–Trinajstić information content (AvgIpc) is 3.34. The number of halogens is 2. The Morgan fingerprint density at radius 2 is 1.96 bits per heavy atom. The minimum atomic E-state index is -1.29. The van der Waals surface area contributed by atoms with E-state index in [2.05, 4.69) is 20.5 Å². The van der Waals surface area contributed by atoms with Gasteiger partial charge in [-0.1, -0.05) is 25.1 Å². The molecule has 4 atom stereocenters. The zero-order valence-corrected chi connectivity index (χ0v) is 26.0. The lowest BCUT2D eigenvalue weighted by molar-refractivity contribution is -0.137. The van der Waals surface area contributed by atoms with Gasteiger partial charge in [-0.15, -0.1) is 0 Å². The monoisotopic (exact) mass is 643 g/mol. The SMILES string of the molecule is COC(=O)N[C@H](C(=O)Oc1c2n(cc(C(=O)NCc3ccc(F)cc3F)c1=O)[C@@H]1CN(C2=O)[C@@H](C)CC[C@]12CC(C)=NO2)C(C)C. The van der Waals surface area contributed by atoms with Gasteiger partial charge < -0.3 is 34.4 Å². The molecule has 246 valence electrons. The van der Waals surface area contributed by atoms with Crippen LogP contribution in [0, 0.1) is 17.6 Å². The Labute approximate surface area is 262 Å². The van der Waals surface area contributed by atoms with E-state index in [1.54, 1.807) is 18.7 Å². The quantitative estimate of drug-likeness (QED) is 0.436. The third-order valence-corrected chi connectivity index (χ3v) is 8.71. The van der Waals surface area contributed by atoms with E-state index in [-0.39, 0.29) is 23.8 Å². The lowest BCUT2D eigenvalue weighted by Crippen LogP contribution is -2.53. The molecular weight excluding hydrogens is 608 g/mol. The van der Waals surface area contributed by atoms with E-state index in [1.807, 2.05) is 13.8 Å². The van der Waals surface area contributed by atoms with Crippen molar-refractivity contribution in [2.24, 2.45) is 11.1 Å². The van der Waals surface area contributed by atoms with E-state index in [9.17, 15) is 32.8 Å². The molecule has 0 radical (unpaired) electrons. The van der Waals surface area contributed by atoms with E-state index >= 15 is 0 Å². The van der Waals surface area contributed by atoms with Crippen LogP contribution in [0.2, 0.25) is 0 Å². The standard InChI is InChI=1S/C31H35F2N5O8/c1-15(2)23(35-30(43)44-5)29(42)45-26-24-28(41)37-14-22(31(9-8-17(37)4)11-16(3)36-46-31)38(24)13-20(25(26)39)27(40)34-12-18-6-7-19(32)10-21(18)33/h6-7,10,13,15,17,22-23H,8-9,11-12,14H2,1-5H3,(H,34,40)(H,35,43)/t17-,22+,23-,31-/m0/s1. The maximum Gasteiger partial charge on any atom is 0.407 e. The van der Waals surface area contributed by atoms with Crippen molar-refractivity contribution in [2.75, 3.05) is 13.7 Å². The van der Waals surface area contributed by atoms with Crippen LogP contribution >= 0.6 is 0 Å². The first-order chi connectivity index (χ1) is 21.8. The summed E-state index contributed by atoms with van der Waals surface area (Å²) in [6.45, 7) is 6.68. The summed E-state index contributed by atoms with van der Waals surface area (Å²) in [5.74, 6) is -5.56. The van der Waals surface area contributed by atoms with Crippen LogP contribution in [0.15, 0.2) is 34.3 Å². The van der Waals surface area contributed by atoms with Gasteiger partial charge in [-0.05, 0) is 38.7 Å². The van der Waals surface area contributed by atoms with E-state index in [0.29, 0.717) is 25.3 Å². The fourth-order valence-electron chi connectivity index (χ4n) is 6.15. The zero-order valence-electron chi connectivity index (χ0n) is 26.0. The summed E-state index contributed by atoms with van der Waals surface area (Å²) in [4.78, 5) is 74.6. The summed E-state index contributed by atoms with van der Waals surface area (Å²) < 4.78 is 39.4. The van der Waals surface area contributed by atoms with Gasteiger partial charge in [-0.2, -0.15) is 0 Å². The third-order valence-electron chi connectivity index (χ3n) is 8.71. The highest BCUT2D eigenvalue weighted by atomic mass is 19.1. The summed E-state index contributed by atoms with van der Waals surface area (Å²) in [5, 5.41) is 9.00. The van der Waals surface area contributed by atoms with Crippen molar-refractivity contribution in [2.45, 2.75) is 77.2 Å². The molecule has 5 rings (SSSR count). The van der Waals surface area contributed by atoms with Crippen molar-refractivity contribution in [3.8, 4) is 5.75 Å². The largest absolute Gasteiger partial charge is 0.453 e. The topological polar surface area (TPSA) is 158 Å². The number of nitrogens with one attached hydrogen (secondary N) is 2. The molecule has 2 aromatic rings. The van der Waals surface area contributed by atoms with Crippen molar-refractivity contribution in [3.05, 3.63) is 63.1 Å². The van der Waals surface area contributed by atoms with Crippen molar-refractivity contribution >= 4 is 29.6 Å². The maximum atomic E-state index is 14.3. The Morgan fingerprint density at radius 1 is 1.22 bits per heavy atom. The number of esters is 1. The molecule has 3 aliphatic heterocycles. The number of ether oxygens (including phenoxy) is 2. The third kappa shape index (κ3) is 5.93. The summed E-state index contributed by atoms with van der Waals surface area (Å²) >= 11 is 0. The van der Waals surface area contributed by atoms with Crippen LogP contribution in [0.1, 0.15) is 79.4 Å². The predicted octanol–water partition coefficient (Wildman–Crippen LogP) is 3.06.